The largest absolute Gasteiger partial charge is 0.494 e. The Morgan fingerprint density at radius 3 is 2.76 bits per heavy atom. The first-order valence-electron chi connectivity index (χ1n) is 7.63. The molecule has 5 heteroatoms. The smallest absolute Gasteiger partial charge is 0.247 e. The van der Waals surface area contributed by atoms with E-state index in [1.807, 2.05) is 19.1 Å². The topological polar surface area (TPSA) is 74.2 Å². The summed E-state index contributed by atoms with van der Waals surface area (Å²) >= 11 is 0. The van der Waals surface area contributed by atoms with Gasteiger partial charge in [-0.2, -0.15) is 0 Å². The second-order valence-electron chi connectivity index (χ2n) is 5.50. The van der Waals surface area contributed by atoms with Crippen molar-refractivity contribution in [2.75, 3.05) is 12.3 Å². The van der Waals surface area contributed by atoms with E-state index < -0.39 is 0 Å². The van der Waals surface area contributed by atoms with Crippen LogP contribution in [0.5, 0.6) is 5.75 Å². The second-order valence-corrected chi connectivity index (χ2v) is 5.50. The third kappa shape index (κ3) is 3.17. The van der Waals surface area contributed by atoms with Crippen LogP contribution >= 0.6 is 0 Å². The van der Waals surface area contributed by atoms with E-state index in [4.69, 9.17) is 14.9 Å². The van der Waals surface area contributed by atoms with Crippen LogP contribution in [0, 0.1) is 0 Å². The Bertz CT molecular complexity index is 603. The van der Waals surface area contributed by atoms with E-state index in [2.05, 4.69) is 10.2 Å². The van der Waals surface area contributed by atoms with E-state index >= 15 is 0 Å². The molecule has 0 aliphatic heterocycles. The average molecular weight is 287 g/mol. The summed E-state index contributed by atoms with van der Waals surface area (Å²) in [4.78, 5) is 0. The first-order valence-corrected chi connectivity index (χ1v) is 7.63. The zero-order valence-electron chi connectivity index (χ0n) is 12.3. The molecule has 21 heavy (non-hydrogen) atoms. The molecule has 1 fully saturated rings. The highest BCUT2D eigenvalue weighted by molar-refractivity contribution is 5.63. The molecule has 0 unspecified atom stereocenters. The van der Waals surface area contributed by atoms with Gasteiger partial charge in [-0.15, -0.1) is 10.2 Å². The standard InChI is InChI=1S/C16H21N3O2/c1-2-20-14-9-12(8-13(17)10-14)16-19-18-15(21-16)11-6-4-3-5-7-11/h8-11H,2-7,17H2,1H3. The summed E-state index contributed by atoms with van der Waals surface area (Å²) < 4.78 is 11.4. The molecular formula is C16H21N3O2. The fourth-order valence-corrected chi connectivity index (χ4v) is 2.86. The van der Waals surface area contributed by atoms with Crippen LogP contribution < -0.4 is 10.5 Å². The number of nitrogen functional groups attached to an aromatic ring is 1. The quantitative estimate of drug-likeness (QED) is 0.866. The summed E-state index contributed by atoms with van der Waals surface area (Å²) in [7, 11) is 0. The molecule has 3 rings (SSSR count). The van der Waals surface area contributed by atoms with Crippen molar-refractivity contribution in [2.24, 2.45) is 0 Å². The lowest BCUT2D eigenvalue weighted by Gasteiger charge is -2.17. The highest BCUT2D eigenvalue weighted by Crippen LogP contribution is 2.34. The first kappa shape index (κ1) is 13.9. The Labute approximate surface area is 124 Å². The summed E-state index contributed by atoms with van der Waals surface area (Å²) in [6.07, 6.45) is 6.08. The zero-order chi connectivity index (χ0) is 14.7. The molecule has 0 radical (unpaired) electrons. The fraction of sp³-hybridized carbons (Fsp3) is 0.500. The van der Waals surface area contributed by atoms with Crippen LogP contribution in [0.15, 0.2) is 22.6 Å². The van der Waals surface area contributed by atoms with E-state index in [-0.39, 0.29) is 0 Å². The van der Waals surface area contributed by atoms with Crippen molar-refractivity contribution in [1.82, 2.24) is 10.2 Å². The maximum absolute atomic E-state index is 5.91. The lowest BCUT2D eigenvalue weighted by molar-refractivity contribution is 0.340. The summed E-state index contributed by atoms with van der Waals surface area (Å²) in [6, 6.07) is 5.52. The number of aromatic nitrogens is 2. The van der Waals surface area contributed by atoms with Crippen LogP contribution in [-0.4, -0.2) is 16.8 Å². The number of ether oxygens (including phenoxy) is 1. The maximum Gasteiger partial charge on any atom is 0.247 e. The van der Waals surface area contributed by atoms with E-state index in [9.17, 15) is 0 Å². The van der Waals surface area contributed by atoms with Crippen molar-refractivity contribution in [1.29, 1.82) is 0 Å². The molecule has 2 N–H and O–H groups in total. The van der Waals surface area contributed by atoms with Gasteiger partial charge < -0.3 is 14.9 Å². The third-order valence-electron chi connectivity index (χ3n) is 3.88. The van der Waals surface area contributed by atoms with Gasteiger partial charge in [0.05, 0.1) is 6.61 Å². The van der Waals surface area contributed by atoms with Crippen molar-refractivity contribution < 1.29 is 9.15 Å². The number of nitrogens with two attached hydrogens (primary N) is 1. The lowest BCUT2D eigenvalue weighted by Crippen LogP contribution is -2.04. The molecule has 0 amide bonds. The molecular weight excluding hydrogens is 266 g/mol. The van der Waals surface area contributed by atoms with Crippen LogP contribution in [0.3, 0.4) is 0 Å². The minimum atomic E-state index is 0.410. The Kier molecular flexibility index (Phi) is 4.08. The van der Waals surface area contributed by atoms with Gasteiger partial charge in [-0.1, -0.05) is 19.3 Å². The normalized spacial score (nSPS) is 16.0. The highest BCUT2D eigenvalue weighted by atomic mass is 16.5. The molecule has 1 aromatic carbocycles. The molecule has 1 heterocycles. The SMILES string of the molecule is CCOc1cc(N)cc(-c2nnc(C3CCCCC3)o2)c1. The Morgan fingerprint density at radius 1 is 1.19 bits per heavy atom. The molecule has 1 aliphatic rings. The van der Waals surface area contributed by atoms with Crippen molar-refractivity contribution in [3.8, 4) is 17.2 Å². The minimum absolute atomic E-state index is 0.410. The molecule has 2 aromatic rings. The number of hydrogen-bond donors (Lipinski definition) is 1. The molecule has 0 atom stereocenters. The van der Waals surface area contributed by atoms with Crippen molar-refractivity contribution in [3.05, 3.63) is 24.1 Å². The van der Waals surface area contributed by atoms with E-state index in [0.717, 1.165) is 30.0 Å². The molecule has 1 aliphatic carbocycles. The number of hydrogen-bond acceptors (Lipinski definition) is 5. The van der Waals surface area contributed by atoms with Gasteiger partial charge >= 0.3 is 0 Å². The Hall–Kier alpha value is -2.04. The molecule has 5 nitrogen and oxygen atoms in total. The summed E-state index contributed by atoms with van der Waals surface area (Å²) in [6.45, 7) is 2.54. The average Bonchev–Trinajstić information content (AvgIpc) is 2.98. The van der Waals surface area contributed by atoms with Crippen molar-refractivity contribution >= 4 is 5.69 Å². The Morgan fingerprint density at radius 2 is 2.00 bits per heavy atom. The molecule has 112 valence electrons. The number of benzene rings is 1. The van der Waals surface area contributed by atoms with Crippen LogP contribution in [0.2, 0.25) is 0 Å². The van der Waals surface area contributed by atoms with Gasteiger partial charge in [0.1, 0.15) is 5.75 Å². The third-order valence-corrected chi connectivity index (χ3v) is 3.88. The van der Waals surface area contributed by atoms with Gasteiger partial charge in [0.15, 0.2) is 0 Å². The van der Waals surface area contributed by atoms with Gasteiger partial charge in [0, 0.05) is 23.2 Å². The van der Waals surface area contributed by atoms with Gasteiger partial charge in [-0.25, -0.2) is 0 Å². The molecule has 0 bridgehead atoms. The number of anilines is 1. The van der Waals surface area contributed by atoms with E-state index in [0.29, 0.717) is 24.1 Å². The molecule has 1 saturated carbocycles. The first-order chi connectivity index (χ1) is 10.3. The summed E-state index contributed by atoms with van der Waals surface area (Å²) in [5, 5.41) is 8.40. The predicted octanol–water partition coefficient (Wildman–Crippen LogP) is 3.77. The molecule has 0 saturated heterocycles. The summed E-state index contributed by atoms with van der Waals surface area (Å²) in [5.74, 6) is 2.41. The zero-order valence-corrected chi connectivity index (χ0v) is 12.3. The number of nitrogens with zero attached hydrogens (tertiary/aromatic N) is 2. The molecule has 1 aromatic heterocycles. The van der Waals surface area contributed by atoms with Crippen LogP contribution in [0.4, 0.5) is 5.69 Å². The predicted molar refractivity (Wildman–Crippen MR) is 81.1 cm³/mol. The van der Waals surface area contributed by atoms with E-state index in [1.54, 1.807) is 6.07 Å². The van der Waals surface area contributed by atoms with Gasteiger partial charge in [0.2, 0.25) is 11.8 Å². The second kappa shape index (κ2) is 6.16. The molecule has 0 spiro atoms. The fourth-order valence-electron chi connectivity index (χ4n) is 2.86. The highest BCUT2D eigenvalue weighted by Gasteiger charge is 2.21. The van der Waals surface area contributed by atoms with Crippen LogP contribution in [-0.2, 0) is 0 Å². The summed E-state index contributed by atoms with van der Waals surface area (Å²) in [5.41, 5.74) is 7.35. The van der Waals surface area contributed by atoms with Crippen LogP contribution in [0.1, 0.15) is 50.8 Å². The Balaban J connectivity index is 1.85. The van der Waals surface area contributed by atoms with Gasteiger partial charge in [0.25, 0.3) is 0 Å². The van der Waals surface area contributed by atoms with Gasteiger partial charge in [-0.3, -0.25) is 0 Å². The van der Waals surface area contributed by atoms with Crippen LogP contribution in [0.25, 0.3) is 11.5 Å². The minimum Gasteiger partial charge on any atom is -0.494 e. The van der Waals surface area contributed by atoms with E-state index in [1.165, 1.54) is 19.3 Å². The maximum atomic E-state index is 5.91. The van der Waals surface area contributed by atoms with Crippen molar-refractivity contribution in [3.63, 3.8) is 0 Å². The van der Waals surface area contributed by atoms with Crippen molar-refractivity contribution in [2.45, 2.75) is 44.9 Å². The number of rotatable bonds is 4. The monoisotopic (exact) mass is 287 g/mol. The lowest BCUT2D eigenvalue weighted by atomic mass is 9.89. The van der Waals surface area contributed by atoms with Gasteiger partial charge in [-0.05, 0) is 31.9 Å².